The number of ether oxygens (including phenoxy) is 2. The number of unbranched alkanes of at least 4 members (excludes halogenated alkanes) is 12. The molecule has 186 valence electrons. The first-order valence-electron chi connectivity index (χ1n) is 12.5. The SMILES string of the molecule is CCCCCCCCCCCCCCCC(COCCOc1ccccc1)OP(=O)(O)O. The van der Waals surface area contributed by atoms with Gasteiger partial charge >= 0.3 is 7.82 Å². The lowest BCUT2D eigenvalue weighted by molar-refractivity contribution is 0.0182. The number of benzene rings is 1. The summed E-state index contributed by atoms with van der Waals surface area (Å²) in [4.78, 5) is 18.3. The quantitative estimate of drug-likeness (QED) is 0.139. The Morgan fingerprint density at radius 3 is 1.84 bits per heavy atom. The van der Waals surface area contributed by atoms with Gasteiger partial charge in [-0.15, -0.1) is 0 Å². The highest BCUT2D eigenvalue weighted by Crippen LogP contribution is 2.38. The molecule has 2 N–H and O–H groups in total. The van der Waals surface area contributed by atoms with E-state index >= 15 is 0 Å². The van der Waals surface area contributed by atoms with Gasteiger partial charge in [-0.05, 0) is 18.6 Å². The van der Waals surface area contributed by atoms with Crippen LogP contribution in [0.5, 0.6) is 5.75 Å². The minimum atomic E-state index is -4.52. The van der Waals surface area contributed by atoms with Crippen LogP contribution in [0.25, 0.3) is 0 Å². The van der Waals surface area contributed by atoms with Crippen LogP contribution in [0.4, 0.5) is 0 Å². The number of para-hydroxylation sites is 1. The first-order valence-corrected chi connectivity index (χ1v) is 14.0. The van der Waals surface area contributed by atoms with E-state index in [0.717, 1.165) is 25.0 Å². The third kappa shape index (κ3) is 18.6. The van der Waals surface area contributed by atoms with E-state index in [0.29, 0.717) is 19.6 Å². The predicted octanol–water partition coefficient (Wildman–Crippen LogP) is 7.04. The Hall–Kier alpha value is -0.910. The molecule has 0 saturated carbocycles. The molecule has 1 unspecified atom stereocenters. The molecule has 1 aromatic rings. The van der Waals surface area contributed by atoms with Gasteiger partial charge in [0, 0.05) is 0 Å². The van der Waals surface area contributed by atoms with Crippen molar-refractivity contribution in [2.24, 2.45) is 0 Å². The van der Waals surface area contributed by atoms with Crippen LogP contribution in [-0.4, -0.2) is 35.7 Å². The normalized spacial score (nSPS) is 12.7. The zero-order valence-corrected chi connectivity index (χ0v) is 20.9. The summed E-state index contributed by atoms with van der Waals surface area (Å²) >= 11 is 0. The van der Waals surface area contributed by atoms with Gasteiger partial charge in [-0.3, -0.25) is 4.52 Å². The molecule has 0 aromatic heterocycles. The van der Waals surface area contributed by atoms with Crippen molar-refractivity contribution in [3.8, 4) is 5.75 Å². The van der Waals surface area contributed by atoms with E-state index in [1.165, 1.54) is 64.2 Å². The van der Waals surface area contributed by atoms with Crippen molar-refractivity contribution >= 4 is 7.82 Å². The molecule has 1 rings (SSSR count). The Kier molecular flexibility index (Phi) is 17.8. The molecule has 32 heavy (non-hydrogen) atoms. The summed E-state index contributed by atoms with van der Waals surface area (Å²) in [5.41, 5.74) is 0. The summed E-state index contributed by atoms with van der Waals surface area (Å²) in [5, 5.41) is 0. The van der Waals surface area contributed by atoms with Crippen LogP contribution < -0.4 is 4.74 Å². The molecule has 0 amide bonds. The van der Waals surface area contributed by atoms with Gasteiger partial charge in [0.25, 0.3) is 0 Å². The number of phosphoric acid groups is 1. The van der Waals surface area contributed by atoms with Crippen molar-refractivity contribution in [3.63, 3.8) is 0 Å². The molecule has 0 saturated heterocycles. The minimum absolute atomic E-state index is 0.154. The molecule has 0 bridgehead atoms. The molecular weight excluding hydrogens is 427 g/mol. The maximum atomic E-state index is 11.2. The Labute approximate surface area is 195 Å². The number of phosphoric ester groups is 1. The predicted molar refractivity (Wildman–Crippen MR) is 130 cm³/mol. The summed E-state index contributed by atoms with van der Waals surface area (Å²) in [6, 6.07) is 9.46. The van der Waals surface area contributed by atoms with Crippen molar-refractivity contribution in [2.45, 2.75) is 103 Å². The first-order chi connectivity index (χ1) is 15.5. The average Bonchev–Trinajstić information content (AvgIpc) is 2.76. The topological polar surface area (TPSA) is 85.2 Å². The highest BCUT2D eigenvalue weighted by atomic mass is 31.2. The van der Waals surface area contributed by atoms with Gasteiger partial charge in [0.15, 0.2) is 0 Å². The second-order valence-corrected chi connectivity index (χ2v) is 9.68. The van der Waals surface area contributed by atoms with Crippen LogP contribution in [0.2, 0.25) is 0 Å². The molecule has 0 aliphatic carbocycles. The summed E-state index contributed by atoms with van der Waals surface area (Å²) in [6.45, 7) is 3.13. The number of rotatable bonds is 22. The van der Waals surface area contributed by atoms with Crippen LogP contribution in [0.1, 0.15) is 96.8 Å². The molecule has 0 heterocycles. The van der Waals surface area contributed by atoms with E-state index in [-0.39, 0.29) is 6.61 Å². The second-order valence-electron chi connectivity index (χ2n) is 8.49. The van der Waals surface area contributed by atoms with Crippen molar-refractivity contribution < 1.29 is 28.3 Å². The molecule has 0 radical (unpaired) electrons. The molecule has 0 fully saturated rings. The minimum Gasteiger partial charge on any atom is -0.491 e. The van der Waals surface area contributed by atoms with E-state index in [2.05, 4.69) is 6.92 Å². The zero-order chi connectivity index (χ0) is 23.3. The zero-order valence-electron chi connectivity index (χ0n) is 20.0. The van der Waals surface area contributed by atoms with Gasteiger partial charge in [-0.2, -0.15) is 0 Å². The fourth-order valence-electron chi connectivity index (χ4n) is 3.70. The molecule has 0 spiro atoms. The Bertz CT molecular complexity index is 577. The lowest BCUT2D eigenvalue weighted by atomic mass is 10.0. The number of hydrogen-bond acceptors (Lipinski definition) is 4. The van der Waals surface area contributed by atoms with Gasteiger partial charge < -0.3 is 19.3 Å². The van der Waals surface area contributed by atoms with E-state index in [4.69, 9.17) is 23.8 Å². The molecule has 0 aliphatic heterocycles. The summed E-state index contributed by atoms with van der Waals surface area (Å²) in [7, 11) is -4.52. The first kappa shape index (κ1) is 29.1. The third-order valence-corrected chi connectivity index (χ3v) is 6.03. The van der Waals surface area contributed by atoms with Crippen molar-refractivity contribution in [2.75, 3.05) is 19.8 Å². The molecule has 0 aliphatic rings. The van der Waals surface area contributed by atoms with Crippen LogP contribution in [0.3, 0.4) is 0 Å². The Morgan fingerprint density at radius 1 is 0.781 bits per heavy atom. The maximum absolute atomic E-state index is 11.2. The van der Waals surface area contributed by atoms with Gasteiger partial charge in [0.1, 0.15) is 12.4 Å². The van der Waals surface area contributed by atoms with Gasteiger partial charge in [0.2, 0.25) is 0 Å². The Morgan fingerprint density at radius 2 is 1.31 bits per heavy atom. The summed E-state index contributed by atoms with van der Waals surface area (Å²) in [5.74, 6) is 0.770. The average molecular weight is 473 g/mol. The molecule has 6 nitrogen and oxygen atoms in total. The molecule has 1 aromatic carbocycles. The molecule has 7 heteroatoms. The highest BCUT2D eigenvalue weighted by Gasteiger charge is 2.22. The van der Waals surface area contributed by atoms with Gasteiger partial charge in [0.05, 0.1) is 19.3 Å². The Balaban J connectivity index is 2.03. The van der Waals surface area contributed by atoms with Gasteiger partial charge in [-0.25, -0.2) is 4.57 Å². The fourth-order valence-corrected chi connectivity index (χ4v) is 4.26. The van der Waals surface area contributed by atoms with E-state index in [9.17, 15) is 4.57 Å². The standard InChI is InChI=1S/C25H45O6P/c1-2-3-4-5-6-7-8-9-10-11-12-13-15-20-25(31-32(26,27)28)23-29-21-22-30-24-18-16-14-17-19-24/h14,16-19,25H,2-13,15,20-23H2,1H3,(H2,26,27,28). The van der Waals surface area contributed by atoms with Crippen LogP contribution in [-0.2, 0) is 13.8 Å². The smallest absolute Gasteiger partial charge is 0.469 e. The van der Waals surface area contributed by atoms with E-state index in [1.54, 1.807) is 0 Å². The van der Waals surface area contributed by atoms with E-state index < -0.39 is 13.9 Å². The third-order valence-electron chi connectivity index (χ3n) is 5.46. The molecule has 1 atom stereocenters. The largest absolute Gasteiger partial charge is 0.491 e. The van der Waals surface area contributed by atoms with Crippen LogP contribution in [0.15, 0.2) is 30.3 Å². The summed E-state index contributed by atoms with van der Waals surface area (Å²) in [6.07, 6.45) is 16.4. The highest BCUT2D eigenvalue weighted by molar-refractivity contribution is 7.46. The second kappa shape index (κ2) is 19.5. The van der Waals surface area contributed by atoms with Crippen LogP contribution >= 0.6 is 7.82 Å². The van der Waals surface area contributed by atoms with Gasteiger partial charge in [-0.1, -0.05) is 109 Å². The summed E-state index contributed by atoms with van der Waals surface area (Å²) < 4.78 is 27.2. The van der Waals surface area contributed by atoms with Crippen molar-refractivity contribution in [3.05, 3.63) is 30.3 Å². The molecular formula is C25H45O6P. The lowest BCUT2D eigenvalue weighted by Gasteiger charge is -2.18. The van der Waals surface area contributed by atoms with Crippen molar-refractivity contribution in [1.82, 2.24) is 0 Å². The number of hydrogen-bond donors (Lipinski definition) is 2. The van der Waals surface area contributed by atoms with Crippen LogP contribution in [0, 0.1) is 0 Å². The fraction of sp³-hybridized carbons (Fsp3) is 0.760. The monoisotopic (exact) mass is 472 g/mol. The lowest BCUT2D eigenvalue weighted by Crippen LogP contribution is -2.21. The van der Waals surface area contributed by atoms with Crippen molar-refractivity contribution in [1.29, 1.82) is 0 Å². The van der Waals surface area contributed by atoms with E-state index in [1.807, 2.05) is 30.3 Å². The maximum Gasteiger partial charge on any atom is 0.469 e.